The van der Waals surface area contributed by atoms with Crippen LogP contribution in [0.15, 0.2) is 53.6 Å². The van der Waals surface area contributed by atoms with Crippen LogP contribution in [0.3, 0.4) is 0 Å². The molecular formula is C24H17N3O3S. The molecule has 1 aliphatic rings. The van der Waals surface area contributed by atoms with Gasteiger partial charge in [-0.25, -0.2) is 4.98 Å². The smallest absolute Gasteiger partial charge is 0.234 e. The van der Waals surface area contributed by atoms with Crippen molar-refractivity contribution in [1.29, 1.82) is 5.26 Å². The minimum Gasteiger partial charge on any atom is -0.325 e. The average molecular weight is 427 g/mol. The molecule has 31 heavy (non-hydrogen) atoms. The van der Waals surface area contributed by atoms with E-state index in [0.717, 1.165) is 11.3 Å². The standard InChI is InChI=1S/C24H17N3O3S/c1-13-9-14(2)26-24(20(13)11-25)31-12-21(28)27-15-7-8-18-19(10-15)23(30)17-6-4-3-5-16(17)22(18)29/h3-10H,12H2,1-2H3,(H,27,28). The topological polar surface area (TPSA) is 99.9 Å². The molecule has 0 unspecified atom stereocenters. The number of hydrogen-bond acceptors (Lipinski definition) is 6. The molecule has 2 aromatic carbocycles. The van der Waals surface area contributed by atoms with Crippen LogP contribution in [0.2, 0.25) is 0 Å². The number of carbonyl (C=O) groups excluding carboxylic acids is 3. The lowest BCUT2D eigenvalue weighted by molar-refractivity contribution is -0.113. The number of anilines is 1. The zero-order valence-electron chi connectivity index (χ0n) is 16.9. The van der Waals surface area contributed by atoms with Crippen molar-refractivity contribution in [2.75, 3.05) is 11.1 Å². The van der Waals surface area contributed by atoms with E-state index in [1.807, 2.05) is 19.9 Å². The highest BCUT2D eigenvalue weighted by Gasteiger charge is 2.29. The van der Waals surface area contributed by atoms with Crippen molar-refractivity contribution in [3.8, 4) is 6.07 Å². The summed E-state index contributed by atoms with van der Waals surface area (Å²) in [5.41, 5.74) is 3.84. The molecule has 0 aliphatic heterocycles. The third kappa shape index (κ3) is 3.86. The van der Waals surface area contributed by atoms with Gasteiger partial charge >= 0.3 is 0 Å². The molecule has 7 heteroatoms. The molecule has 152 valence electrons. The van der Waals surface area contributed by atoms with Gasteiger partial charge in [-0.2, -0.15) is 5.26 Å². The fourth-order valence-electron chi connectivity index (χ4n) is 3.55. The van der Waals surface area contributed by atoms with Crippen LogP contribution < -0.4 is 5.32 Å². The lowest BCUT2D eigenvalue weighted by Gasteiger charge is -2.18. The van der Waals surface area contributed by atoms with Crippen LogP contribution in [-0.2, 0) is 4.79 Å². The van der Waals surface area contributed by atoms with Crippen molar-refractivity contribution in [2.45, 2.75) is 18.9 Å². The monoisotopic (exact) mass is 427 g/mol. The molecule has 0 saturated heterocycles. The molecule has 0 spiro atoms. The Balaban J connectivity index is 1.51. The normalized spacial score (nSPS) is 12.0. The fraction of sp³-hybridized carbons (Fsp3) is 0.125. The summed E-state index contributed by atoms with van der Waals surface area (Å²) in [6, 6.07) is 15.4. The third-order valence-corrected chi connectivity index (χ3v) is 5.95. The Bertz CT molecular complexity index is 1310. The maximum Gasteiger partial charge on any atom is 0.234 e. The summed E-state index contributed by atoms with van der Waals surface area (Å²) in [5, 5.41) is 12.6. The number of aromatic nitrogens is 1. The van der Waals surface area contributed by atoms with E-state index < -0.39 is 0 Å². The first kappa shape index (κ1) is 20.5. The van der Waals surface area contributed by atoms with Gasteiger partial charge in [0.2, 0.25) is 5.91 Å². The molecule has 6 nitrogen and oxygen atoms in total. The molecule has 1 aromatic heterocycles. The molecule has 1 amide bonds. The molecule has 0 bridgehead atoms. The predicted molar refractivity (Wildman–Crippen MR) is 118 cm³/mol. The number of nitrogens with one attached hydrogen (secondary N) is 1. The van der Waals surface area contributed by atoms with Gasteiger partial charge in [0.05, 0.1) is 11.3 Å². The number of thioether (sulfide) groups is 1. The van der Waals surface area contributed by atoms with Crippen LogP contribution >= 0.6 is 11.8 Å². The van der Waals surface area contributed by atoms with Crippen molar-refractivity contribution in [1.82, 2.24) is 4.98 Å². The van der Waals surface area contributed by atoms with Crippen molar-refractivity contribution >= 4 is 34.9 Å². The van der Waals surface area contributed by atoms with Crippen LogP contribution in [0.25, 0.3) is 0 Å². The Hall–Kier alpha value is -3.76. The van der Waals surface area contributed by atoms with Gasteiger partial charge < -0.3 is 5.32 Å². The number of ketones is 2. The Morgan fingerprint density at radius 2 is 1.65 bits per heavy atom. The van der Waals surface area contributed by atoms with E-state index in [2.05, 4.69) is 16.4 Å². The summed E-state index contributed by atoms with van der Waals surface area (Å²) >= 11 is 1.18. The van der Waals surface area contributed by atoms with Gasteiger partial charge in [0.1, 0.15) is 11.1 Å². The molecular weight excluding hydrogens is 410 g/mol. The van der Waals surface area contributed by atoms with Gasteiger partial charge in [-0.3, -0.25) is 14.4 Å². The van der Waals surface area contributed by atoms with Crippen LogP contribution in [0.5, 0.6) is 0 Å². The van der Waals surface area contributed by atoms with Gasteiger partial charge in [-0.1, -0.05) is 36.0 Å². The number of hydrogen-bond donors (Lipinski definition) is 1. The van der Waals surface area contributed by atoms with Gasteiger partial charge in [-0.05, 0) is 43.7 Å². The summed E-state index contributed by atoms with van der Waals surface area (Å²) in [5.74, 6) is -0.695. The number of rotatable bonds is 4. The lowest BCUT2D eigenvalue weighted by atomic mass is 9.84. The zero-order valence-corrected chi connectivity index (χ0v) is 17.7. The van der Waals surface area contributed by atoms with E-state index in [1.165, 1.54) is 17.8 Å². The van der Waals surface area contributed by atoms with E-state index in [-0.39, 0.29) is 28.8 Å². The maximum absolute atomic E-state index is 12.8. The number of nitriles is 1. The number of fused-ring (bicyclic) bond motifs is 2. The third-order valence-electron chi connectivity index (χ3n) is 4.97. The van der Waals surface area contributed by atoms with E-state index in [1.54, 1.807) is 36.4 Å². The second-order valence-electron chi connectivity index (χ2n) is 7.17. The van der Waals surface area contributed by atoms with Gasteiger partial charge in [-0.15, -0.1) is 0 Å². The van der Waals surface area contributed by atoms with Crippen molar-refractivity contribution in [2.24, 2.45) is 0 Å². The van der Waals surface area contributed by atoms with E-state index in [9.17, 15) is 19.6 Å². The number of carbonyl (C=O) groups is 3. The molecule has 0 atom stereocenters. The first-order valence-electron chi connectivity index (χ1n) is 9.52. The summed E-state index contributed by atoms with van der Waals surface area (Å²) in [6.45, 7) is 3.67. The van der Waals surface area contributed by atoms with Crippen molar-refractivity contribution < 1.29 is 14.4 Å². The maximum atomic E-state index is 12.8. The summed E-state index contributed by atoms with van der Waals surface area (Å²) < 4.78 is 0. The molecule has 0 saturated carbocycles. The molecule has 1 heterocycles. The number of amides is 1. The van der Waals surface area contributed by atoms with Crippen molar-refractivity contribution in [3.05, 3.63) is 87.6 Å². The fourth-order valence-corrected chi connectivity index (χ4v) is 4.45. The molecule has 1 aliphatic carbocycles. The quantitative estimate of drug-likeness (QED) is 0.493. The van der Waals surface area contributed by atoms with Crippen molar-refractivity contribution in [3.63, 3.8) is 0 Å². The first-order chi connectivity index (χ1) is 14.9. The average Bonchev–Trinajstić information content (AvgIpc) is 2.75. The number of aryl methyl sites for hydroxylation is 2. The Labute approximate surface area is 183 Å². The second kappa shape index (κ2) is 8.17. The Kier molecular flexibility index (Phi) is 5.40. The summed E-state index contributed by atoms with van der Waals surface area (Å²) in [6.07, 6.45) is 0. The molecule has 3 aromatic rings. The lowest BCUT2D eigenvalue weighted by Crippen LogP contribution is -2.21. The molecule has 1 N–H and O–H groups in total. The highest BCUT2D eigenvalue weighted by molar-refractivity contribution is 8.00. The van der Waals surface area contributed by atoms with Crippen LogP contribution in [0.1, 0.15) is 48.7 Å². The minimum atomic E-state index is -0.301. The van der Waals surface area contributed by atoms with Crippen LogP contribution in [0.4, 0.5) is 5.69 Å². The summed E-state index contributed by atoms with van der Waals surface area (Å²) in [4.78, 5) is 42.3. The molecule has 4 rings (SSSR count). The minimum absolute atomic E-state index is 0.0529. The van der Waals surface area contributed by atoms with Gasteiger partial charge in [0, 0.05) is 33.6 Å². The Morgan fingerprint density at radius 3 is 2.32 bits per heavy atom. The van der Waals surface area contributed by atoms with E-state index >= 15 is 0 Å². The zero-order chi connectivity index (χ0) is 22.1. The largest absolute Gasteiger partial charge is 0.325 e. The first-order valence-corrected chi connectivity index (χ1v) is 10.5. The second-order valence-corrected chi connectivity index (χ2v) is 8.14. The summed E-state index contributed by atoms with van der Waals surface area (Å²) in [7, 11) is 0. The Morgan fingerprint density at radius 1 is 1.00 bits per heavy atom. The molecule has 0 fully saturated rings. The highest BCUT2D eigenvalue weighted by atomic mass is 32.2. The predicted octanol–water partition coefficient (Wildman–Crippen LogP) is 4.08. The molecule has 0 radical (unpaired) electrons. The van der Waals surface area contributed by atoms with E-state index in [4.69, 9.17) is 0 Å². The van der Waals surface area contributed by atoms with Crippen LogP contribution in [0, 0.1) is 25.2 Å². The van der Waals surface area contributed by atoms with E-state index in [0.29, 0.717) is 33.0 Å². The number of nitrogens with zero attached hydrogens (tertiary/aromatic N) is 2. The SMILES string of the molecule is Cc1cc(C)c(C#N)c(SCC(=O)Nc2ccc3c(c2)C(=O)c2ccccc2C3=O)n1. The highest BCUT2D eigenvalue weighted by Crippen LogP contribution is 2.29. The van der Waals surface area contributed by atoms with Crippen LogP contribution in [-0.4, -0.2) is 28.2 Å². The van der Waals surface area contributed by atoms with Gasteiger partial charge in [0.25, 0.3) is 0 Å². The number of pyridine rings is 1. The number of benzene rings is 2. The van der Waals surface area contributed by atoms with Gasteiger partial charge in [0.15, 0.2) is 11.6 Å².